The molecule has 1 aliphatic heterocycles. The standard InChI is InChI=1S/C25H28N2O5S/c1-17-6-4-7-20(14-17)26-33(29,30)24-15-19(10-9-18(24)2)25(28)27-13-5-8-22(27)23-12-11-21(32-23)16-31-3/h4,6-7,9-12,14-15,22,26H,5,8,13,16H2,1-3H3. The molecule has 1 amide bonds. The maximum absolute atomic E-state index is 13.4. The summed E-state index contributed by atoms with van der Waals surface area (Å²) in [4.78, 5) is 15.2. The average Bonchev–Trinajstić information content (AvgIpc) is 3.43. The Morgan fingerprint density at radius 3 is 2.73 bits per heavy atom. The first-order valence-electron chi connectivity index (χ1n) is 10.9. The van der Waals surface area contributed by atoms with Crippen LogP contribution in [-0.4, -0.2) is 32.9 Å². The maximum Gasteiger partial charge on any atom is 0.262 e. The predicted molar refractivity (Wildman–Crippen MR) is 126 cm³/mol. The first-order valence-corrected chi connectivity index (χ1v) is 12.4. The first kappa shape index (κ1) is 23.1. The van der Waals surface area contributed by atoms with Crippen LogP contribution in [0, 0.1) is 13.8 Å². The normalized spacial score (nSPS) is 16.2. The summed E-state index contributed by atoms with van der Waals surface area (Å²) in [7, 11) is -2.26. The minimum atomic E-state index is -3.86. The van der Waals surface area contributed by atoms with Crippen LogP contribution in [-0.2, 0) is 21.4 Å². The topological polar surface area (TPSA) is 88.8 Å². The number of hydrogen-bond acceptors (Lipinski definition) is 5. The van der Waals surface area contributed by atoms with Gasteiger partial charge in [-0.05, 0) is 74.2 Å². The maximum atomic E-state index is 13.4. The quantitative estimate of drug-likeness (QED) is 0.537. The van der Waals surface area contributed by atoms with Gasteiger partial charge in [0.1, 0.15) is 18.1 Å². The number of ether oxygens (including phenoxy) is 1. The van der Waals surface area contributed by atoms with Crippen LogP contribution in [0.2, 0.25) is 0 Å². The van der Waals surface area contributed by atoms with Gasteiger partial charge in [0.25, 0.3) is 15.9 Å². The molecule has 7 nitrogen and oxygen atoms in total. The zero-order valence-corrected chi connectivity index (χ0v) is 19.8. The lowest BCUT2D eigenvalue weighted by molar-refractivity contribution is 0.0715. The molecule has 0 bridgehead atoms. The van der Waals surface area contributed by atoms with Crippen LogP contribution in [0.1, 0.15) is 51.9 Å². The van der Waals surface area contributed by atoms with E-state index in [1.165, 1.54) is 6.07 Å². The number of carbonyl (C=O) groups excluding carboxylic acids is 1. The lowest BCUT2D eigenvalue weighted by atomic mass is 10.1. The number of amides is 1. The van der Waals surface area contributed by atoms with Crippen LogP contribution in [0.15, 0.2) is 63.9 Å². The summed E-state index contributed by atoms with van der Waals surface area (Å²) in [6, 6.07) is 15.5. The van der Waals surface area contributed by atoms with Gasteiger partial charge in [0.2, 0.25) is 0 Å². The number of furan rings is 1. The molecule has 33 heavy (non-hydrogen) atoms. The SMILES string of the molecule is COCc1ccc(C2CCCN2C(=O)c2ccc(C)c(S(=O)(=O)Nc3cccc(C)c3)c2)o1. The molecule has 8 heteroatoms. The number of hydrogen-bond donors (Lipinski definition) is 1. The van der Waals surface area contributed by atoms with Crippen molar-refractivity contribution in [2.45, 2.75) is 44.2 Å². The number of carbonyl (C=O) groups is 1. The molecule has 4 rings (SSSR count). The van der Waals surface area contributed by atoms with Gasteiger partial charge in [-0.15, -0.1) is 0 Å². The van der Waals surface area contributed by atoms with Crippen molar-refractivity contribution < 1.29 is 22.4 Å². The summed E-state index contributed by atoms with van der Waals surface area (Å²) < 4.78 is 39.8. The number of aryl methyl sites for hydroxylation is 2. The highest BCUT2D eigenvalue weighted by molar-refractivity contribution is 7.92. The van der Waals surface area contributed by atoms with Crippen molar-refractivity contribution in [2.24, 2.45) is 0 Å². The van der Waals surface area contributed by atoms with Crippen LogP contribution in [0.25, 0.3) is 0 Å². The molecule has 1 fully saturated rings. The van der Waals surface area contributed by atoms with E-state index in [-0.39, 0.29) is 16.8 Å². The minimum absolute atomic E-state index is 0.0889. The fraction of sp³-hybridized carbons (Fsp3) is 0.320. The molecule has 1 saturated heterocycles. The third-order valence-electron chi connectivity index (χ3n) is 5.81. The lowest BCUT2D eigenvalue weighted by Crippen LogP contribution is -2.30. The van der Waals surface area contributed by atoms with E-state index in [1.807, 2.05) is 25.1 Å². The van der Waals surface area contributed by atoms with E-state index in [2.05, 4.69) is 4.72 Å². The van der Waals surface area contributed by atoms with E-state index in [4.69, 9.17) is 9.15 Å². The molecule has 174 valence electrons. The molecule has 1 atom stereocenters. The van der Waals surface area contributed by atoms with Gasteiger partial charge < -0.3 is 14.1 Å². The largest absolute Gasteiger partial charge is 0.461 e. The predicted octanol–water partition coefficient (Wildman–Crippen LogP) is 4.82. The van der Waals surface area contributed by atoms with Gasteiger partial charge in [-0.3, -0.25) is 9.52 Å². The summed E-state index contributed by atoms with van der Waals surface area (Å²) in [6.45, 7) is 4.57. The number of sulfonamides is 1. The van der Waals surface area contributed by atoms with E-state index in [0.717, 1.165) is 18.4 Å². The molecular formula is C25H28N2O5S. The number of likely N-dealkylation sites (tertiary alicyclic amines) is 1. The fourth-order valence-corrected chi connectivity index (χ4v) is 5.53. The summed E-state index contributed by atoms with van der Waals surface area (Å²) >= 11 is 0. The number of nitrogens with zero attached hydrogens (tertiary/aromatic N) is 1. The number of nitrogens with one attached hydrogen (secondary N) is 1. The molecule has 1 aliphatic rings. The van der Waals surface area contributed by atoms with Crippen LogP contribution >= 0.6 is 0 Å². The van der Waals surface area contributed by atoms with Gasteiger partial charge in [0, 0.05) is 24.9 Å². The van der Waals surface area contributed by atoms with Crippen LogP contribution in [0.3, 0.4) is 0 Å². The number of methoxy groups -OCH3 is 1. The number of rotatable bonds is 7. The average molecular weight is 469 g/mol. The molecule has 1 unspecified atom stereocenters. The van der Waals surface area contributed by atoms with Gasteiger partial charge in [0.05, 0.1) is 10.9 Å². The van der Waals surface area contributed by atoms with Gasteiger partial charge in [-0.25, -0.2) is 8.42 Å². The van der Waals surface area contributed by atoms with E-state index in [1.54, 1.807) is 49.3 Å². The second-order valence-corrected chi connectivity index (χ2v) is 10.00. The van der Waals surface area contributed by atoms with Crippen molar-refractivity contribution in [2.75, 3.05) is 18.4 Å². The summed E-state index contributed by atoms with van der Waals surface area (Å²) in [6.07, 6.45) is 1.64. The zero-order valence-electron chi connectivity index (χ0n) is 19.0. The molecular weight excluding hydrogens is 440 g/mol. The van der Waals surface area contributed by atoms with Crippen molar-refractivity contribution in [3.8, 4) is 0 Å². The highest BCUT2D eigenvalue weighted by Gasteiger charge is 2.33. The van der Waals surface area contributed by atoms with Crippen molar-refractivity contribution in [3.05, 3.63) is 82.8 Å². The Bertz CT molecular complexity index is 1270. The Labute approximate surface area is 194 Å². The Morgan fingerprint density at radius 1 is 1.15 bits per heavy atom. The Kier molecular flexibility index (Phi) is 6.58. The van der Waals surface area contributed by atoms with Crippen molar-refractivity contribution >= 4 is 21.6 Å². The van der Waals surface area contributed by atoms with Gasteiger partial charge in [-0.1, -0.05) is 18.2 Å². The van der Waals surface area contributed by atoms with Crippen molar-refractivity contribution in [3.63, 3.8) is 0 Å². The lowest BCUT2D eigenvalue weighted by Gasteiger charge is -2.24. The van der Waals surface area contributed by atoms with E-state index in [0.29, 0.717) is 41.5 Å². The van der Waals surface area contributed by atoms with Gasteiger partial charge in [0.15, 0.2) is 0 Å². The molecule has 0 saturated carbocycles. The highest BCUT2D eigenvalue weighted by atomic mass is 32.2. The third-order valence-corrected chi connectivity index (χ3v) is 7.33. The number of benzene rings is 2. The van der Waals surface area contributed by atoms with Gasteiger partial charge in [-0.2, -0.15) is 0 Å². The molecule has 0 aliphatic carbocycles. The van der Waals surface area contributed by atoms with Crippen LogP contribution < -0.4 is 4.72 Å². The third kappa shape index (κ3) is 4.96. The Hall–Kier alpha value is -3.10. The molecule has 3 aromatic rings. The molecule has 1 aromatic heterocycles. The Morgan fingerprint density at radius 2 is 1.97 bits per heavy atom. The fourth-order valence-electron chi connectivity index (χ4n) is 4.21. The molecule has 2 aromatic carbocycles. The van der Waals surface area contributed by atoms with Crippen molar-refractivity contribution in [1.82, 2.24) is 4.90 Å². The molecule has 2 heterocycles. The highest BCUT2D eigenvalue weighted by Crippen LogP contribution is 2.34. The summed E-state index contributed by atoms with van der Waals surface area (Å²) in [5.41, 5.74) is 2.33. The molecule has 1 N–H and O–H groups in total. The Balaban J connectivity index is 1.60. The second-order valence-electron chi connectivity index (χ2n) is 8.35. The molecule has 0 spiro atoms. The van der Waals surface area contributed by atoms with E-state index in [9.17, 15) is 13.2 Å². The first-order chi connectivity index (χ1) is 15.8. The zero-order chi connectivity index (χ0) is 23.6. The number of anilines is 1. The smallest absolute Gasteiger partial charge is 0.262 e. The van der Waals surface area contributed by atoms with Gasteiger partial charge >= 0.3 is 0 Å². The summed E-state index contributed by atoms with van der Waals surface area (Å²) in [5, 5.41) is 0. The second kappa shape index (κ2) is 9.41. The monoisotopic (exact) mass is 468 g/mol. The minimum Gasteiger partial charge on any atom is -0.461 e. The summed E-state index contributed by atoms with van der Waals surface area (Å²) in [5.74, 6) is 1.21. The van der Waals surface area contributed by atoms with Crippen LogP contribution in [0.4, 0.5) is 5.69 Å². The van der Waals surface area contributed by atoms with Crippen LogP contribution in [0.5, 0.6) is 0 Å². The molecule has 0 radical (unpaired) electrons. The van der Waals surface area contributed by atoms with E-state index >= 15 is 0 Å². The van der Waals surface area contributed by atoms with Crippen molar-refractivity contribution in [1.29, 1.82) is 0 Å². The van der Waals surface area contributed by atoms with E-state index < -0.39 is 10.0 Å².